The molecule has 112 valence electrons. The molecule has 4 rings (SSSR count). The molecule has 0 amide bonds. The standard InChI is InChI=1S/C18H18N2OS/c1-2-5-14(6-3-1)18-19-16(12-21-18)11-20-9-4-7-17(20)15-8-10-22-13-15/h1-3,5-6,8,10,12-13,17H,4,7,9,11H2. The van der Waals surface area contributed by atoms with Gasteiger partial charge >= 0.3 is 0 Å². The molecule has 0 N–H and O–H groups in total. The average molecular weight is 310 g/mol. The van der Waals surface area contributed by atoms with Crippen LogP contribution in [0.3, 0.4) is 0 Å². The quantitative estimate of drug-likeness (QED) is 0.697. The molecule has 1 aliphatic rings. The summed E-state index contributed by atoms with van der Waals surface area (Å²) in [5.41, 5.74) is 3.49. The zero-order chi connectivity index (χ0) is 14.8. The van der Waals surface area contributed by atoms with Crippen molar-refractivity contribution in [3.05, 3.63) is 64.7 Å². The Kier molecular flexibility index (Phi) is 3.79. The highest BCUT2D eigenvalue weighted by Gasteiger charge is 2.27. The molecule has 1 atom stereocenters. The molecule has 4 heteroatoms. The minimum absolute atomic E-state index is 0.531. The Morgan fingerprint density at radius 3 is 2.95 bits per heavy atom. The predicted molar refractivity (Wildman–Crippen MR) is 88.6 cm³/mol. The third-order valence-corrected chi connectivity index (χ3v) is 4.93. The highest BCUT2D eigenvalue weighted by atomic mass is 32.1. The van der Waals surface area contributed by atoms with Crippen molar-refractivity contribution < 1.29 is 4.42 Å². The van der Waals surface area contributed by atoms with Crippen molar-refractivity contribution in [2.45, 2.75) is 25.4 Å². The SMILES string of the molecule is c1ccc(-c2nc(CN3CCCC3c3ccsc3)co2)cc1. The average Bonchev–Trinajstić information content (AvgIpc) is 3.30. The van der Waals surface area contributed by atoms with E-state index in [1.807, 2.05) is 30.3 Å². The summed E-state index contributed by atoms with van der Waals surface area (Å²) in [6, 6.07) is 12.8. The molecule has 0 bridgehead atoms. The lowest BCUT2D eigenvalue weighted by atomic mass is 10.1. The summed E-state index contributed by atoms with van der Waals surface area (Å²) in [6.07, 6.45) is 4.29. The molecule has 3 aromatic rings. The second kappa shape index (κ2) is 6.07. The van der Waals surface area contributed by atoms with Crippen LogP contribution in [0.4, 0.5) is 0 Å². The zero-order valence-electron chi connectivity index (χ0n) is 12.3. The number of aromatic nitrogens is 1. The minimum atomic E-state index is 0.531. The molecule has 1 aromatic carbocycles. The maximum absolute atomic E-state index is 5.65. The van der Waals surface area contributed by atoms with Crippen LogP contribution in [0.15, 0.2) is 57.8 Å². The summed E-state index contributed by atoms with van der Waals surface area (Å²) in [7, 11) is 0. The first-order valence-electron chi connectivity index (χ1n) is 7.66. The van der Waals surface area contributed by atoms with E-state index in [-0.39, 0.29) is 0 Å². The van der Waals surface area contributed by atoms with Gasteiger partial charge in [0.2, 0.25) is 5.89 Å². The van der Waals surface area contributed by atoms with Gasteiger partial charge < -0.3 is 4.42 Å². The topological polar surface area (TPSA) is 29.3 Å². The fourth-order valence-corrected chi connectivity index (χ4v) is 3.87. The van der Waals surface area contributed by atoms with Crippen molar-refractivity contribution in [1.29, 1.82) is 0 Å². The molecule has 2 aromatic heterocycles. The van der Waals surface area contributed by atoms with Gasteiger partial charge in [-0.25, -0.2) is 4.98 Å². The highest BCUT2D eigenvalue weighted by molar-refractivity contribution is 7.07. The Morgan fingerprint density at radius 1 is 1.23 bits per heavy atom. The number of likely N-dealkylation sites (tertiary alicyclic amines) is 1. The van der Waals surface area contributed by atoms with Crippen LogP contribution in [-0.4, -0.2) is 16.4 Å². The van der Waals surface area contributed by atoms with Crippen LogP contribution in [-0.2, 0) is 6.54 Å². The lowest BCUT2D eigenvalue weighted by Crippen LogP contribution is -2.22. The van der Waals surface area contributed by atoms with Crippen molar-refractivity contribution in [1.82, 2.24) is 9.88 Å². The van der Waals surface area contributed by atoms with E-state index >= 15 is 0 Å². The maximum Gasteiger partial charge on any atom is 0.226 e. The molecule has 22 heavy (non-hydrogen) atoms. The van der Waals surface area contributed by atoms with E-state index in [2.05, 4.69) is 26.7 Å². The number of hydrogen-bond acceptors (Lipinski definition) is 4. The van der Waals surface area contributed by atoms with Gasteiger partial charge in [-0.2, -0.15) is 11.3 Å². The Balaban J connectivity index is 1.51. The van der Waals surface area contributed by atoms with Gasteiger partial charge in [0.25, 0.3) is 0 Å². The number of rotatable bonds is 4. The second-order valence-corrected chi connectivity index (χ2v) is 6.48. The van der Waals surface area contributed by atoms with E-state index in [4.69, 9.17) is 4.42 Å². The third-order valence-electron chi connectivity index (χ3n) is 4.23. The van der Waals surface area contributed by atoms with Gasteiger partial charge in [0.15, 0.2) is 0 Å². The Hall–Kier alpha value is -1.91. The van der Waals surface area contributed by atoms with Crippen molar-refractivity contribution in [2.75, 3.05) is 6.54 Å². The Bertz CT molecular complexity index is 721. The van der Waals surface area contributed by atoms with E-state index in [0.29, 0.717) is 11.9 Å². The molecule has 0 spiro atoms. The summed E-state index contributed by atoms with van der Waals surface area (Å²) >= 11 is 1.78. The molecule has 1 unspecified atom stereocenters. The van der Waals surface area contributed by atoms with Crippen LogP contribution in [0.1, 0.15) is 30.1 Å². The minimum Gasteiger partial charge on any atom is -0.444 e. The molecular formula is C18H18N2OS. The largest absolute Gasteiger partial charge is 0.444 e. The summed E-state index contributed by atoms with van der Waals surface area (Å²) < 4.78 is 5.65. The molecular weight excluding hydrogens is 292 g/mol. The van der Waals surface area contributed by atoms with E-state index in [1.54, 1.807) is 17.6 Å². The maximum atomic E-state index is 5.65. The van der Waals surface area contributed by atoms with Gasteiger partial charge in [0, 0.05) is 18.2 Å². The molecule has 1 aliphatic heterocycles. The number of oxazole rings is 1. The van der Waals surface area contributed by atoms with Crippen LogP contribution < -0.4 is 0 Å². The van der Waals surface area contributed by atoms with Gasteiger partial charge in [-0.05, 0) is 53.9 Å². The third kappa shape index (κ3) is 2.72. The molecule has 0 saturated carbocycles. The molecule has 3 heterocycles. The first-order valence-corrected chi connectivity index (χ1v) is 8.60. The monoisotopic (exact) mass is 310 g/mol. The Morgan fingerprint density at radius 2 is 2.14 bits per heavy atom. The molecule has 3 nitrogen and oxygen atoms in total. The first-order chi connectivity index (χ1) is 10.9. The van der Waals surface area contributed by atoms with Gasteiger partial charge in [0.1, 0.15) is 6.26 Å². The van der Waals surface area contributed by atoms with E-state index < -0.39 is 0 Å². The van der Waals surface area contributed by atoms with Gasteiger partial charge in [-0.3, -0.25) is 4.90 Å². The summed E-state index contributed by atoms with van der Waals surface area (Å²) in [5.74, 6) is 0.710. The summed E-state index contributed by atoms with van der Waals surface area (Å²) in [5, 5.41) is 4.43. The van der Waals surface area contributed by atoms with Crippen molar-refractivity contribution in [3.8, 4) is 11.5 Å². The fraction of sp³-hybridized carbons (Fsp3) is 0.278. The highest BCUT2D eigenvalue weighted by Crippen LogP contribution is 2.34. The predicted octanol–water partition coefficient (Wildman–Crippen LogP) is 4.74. The second-order valence-electron chi connectivity index (χ2n) is 5.70. The fourth-order valence-electron chi connectivity index (χ4n) is 3.16. The normalized spacial score (nSPS) is 18.8. The van der Waals surface area contributed by atoms with Crippen molar-refractivity contribution in [3.63, 3.8) is 0 Å². The summed E-state index contributed by atoms with van der Waals surface area (Å²) in [6.45, 7) is 1.99. The van der Waals surface area contributed by atoms with Crippen LogP contribution in [0.5, 0.6) is 0 Å². The molecule has 0 radical (unpaired) electrons. The van der Waals surface area contributed by atoms with Gasteiger partial charge in [0.05, 0.1) is 5.69 Å². The van der Waals surface area contributed by atoms with Gasteiger partial charge in [-0.1, -0.05) is 18.2 Å². The zero-order valence-corrected chi connectivity index (χ0v) is 13.1. The lowest BCUT2D eigenvalue weighted by molar-refractivity contribution is 0.246. The molecule has 1 saturated heterocycles. The van der Waals surface area contributed by atoms with E-state index in [9.17, 15) is 0 Å². The van der Waals surface area contributed by atoms with Crippen LogP contribution in [0, 0.1) is 0 Å². The van der Waals surface area contributed by atoms with Crippen molar-refractivity contribution >= 4 is 11.3 Å². The van der Waals surface area contributed by atoms with Gasteiger partial charge in [-0.15, -0.1) is 0 Å². The van der Waals surface area contributed by atoms with Crippen LogP contribution in [0.25, 0.3) is 11.5 Å². The smallest absolute Gasteiger partial charge is 0.226 e. The Labute approximate surface area is 134 Å². The summed E-state index contributed by atoms with van der Waals surface area (Å²) in [4.78, 5) is 7.16. The van der Waals surface area contributed by atoms with E-state index in [1.165, 1.54) is 18.4 Å². The number of hydrogen-bond donors (Lipinski definition) is 0. The van der Waals surface area contributed by atoms with Crippen LogP contribution >= 0.6 is 11.3 Å². The first kappa shape index (κ1) is 13.7. The molecule has 1 fully saturated rings. The number of benzene rings is 1. The number of nitrogens with zero attached hydrogens (tertiary/aromatic N) is 2. The molecule has 0 aliphatic carbocycles. The number of thiophene rings is 1. The van der Waals surface area contributed by atoms with E-state index in [0.717, 1.165) is 24.3 Å². The lowest BCUT2D eigenvalue weighted by Gasteiger charge is -2.22. The van der Waals surface area contributed by atoms with Crippen molar-refractivity contribution in [2.24, 2.45) is 0 Å². The van der Waals surface area contributed by atoms with Crippen LogP contribution in [0.2, 0.25) is 0 Å².